The molecule has 0 aliphatic heterocycles. The zero-order valence-electron chi connectivity index (χ0n) is 6.42. The summed E-state index contributed by atoms with van der Waals surface area (Å²) in [6.45, 7) is 3.89. The van der Waals surface area contributed by atoms with Gasteiger partial charge in [0.25, 0.3) is 0 Å². The molecule has 0 aromatic rings. The van der Waals surface area contributed by atoms with Crippen LogP contribution in [0.4, 0.5) is 0 Å². The lowest BCUT2D eigenvalue weighted by molar-refractivity contribution is 0.679. The molecule has 0 aromatic carbocycles. The van der Waals surface area contributed by atoms with Crippen molar-refractivity contribution < 1.29 is 4.21 Å². The third-order valence-corrected chi connectivity index (χ3v) is 4.25. The first-order valence-corrected chi connectivity index (χ1v) is 6.03. The van der Waals surface area contributed by atoms with Crippen LogP contribution in [0.25, 0.3) is 0 Å². The Morgan fingerprint density at radius 1 is 1.70 bits per heavy atom. The van der Waals surface area contributed by atoms with Gasteiger partial charge in [-0.15, -0.1) is 11.8 Å². The Morgan fingerprint density at radius 3 is 2.50 bits per heavy atom. The van der Waals surface area contributed by atoms with E-state index in [0.717, 1.165) is 4.20 Å². The molecule has 1 nitrogen and oxygen atoms in total. The van der Waals surface area contributed by atoms with Crippen molar-refractivity contribution >= 4 is 39.0 Å². The number of thioether (sulfide) groups is 1. The molecule has 0 bridgehead atoms. The molecule has 4 heteroatoms. The monoisotopic (exact) mass is 196 g/mol. The average molecular weight is 196 g/mol. The van der Waals surface area contributed by atoms with E-state index in [9.17, 15) is 4.21 Å². The van der Waals surface area contributed by atoms with Crippen molar-refractivity contribution in [1.29, 1.82) is 0 Å². The molecule has 60 valence electrons. The van der Waals surface area contributed by atoms with Gasteiger partial charge in [0.1, 0.15) is 0 Å². The summed E-state index contributed by atoms with van der Waals surface area (Å²) in [6.07, 6.45) is 1.92. The number of hydrogen-bond acceptors (Lipinski definition) is 3. The van der Waals surface area contributed by atoms with Crippen LogP contribution in [-0.2, 0) is 10.8 Å². The summed E-state index contributed by atoms with van der Waals surface area (Å²) in [7, 11) is -0.764. The molecular formula is C6H12OS3. The SMILES string of the molecule is CSC(=S)CS(=O)C(C)C. The Labute approximate surface area is 74.4 Å². The minimum absolute atomic E-state index is 0.227. The van der Waals surface area contributed by atoms with Crippen LogP contribution in [0.15, 0.2) is 0 Å². The highest BCUT2D eigenvalue weighted by Crippen LogP contribution is 2.03. The van der Waals surface area contributed by atoms with Gasteiger partial charge in [-0.1, -0.05) is 26.1 Å². The van der Waals surface area contributed by atoms with Crippen LogP contribution >= 0.6 is 24.0 Å². The largest absolute Gasteiger partial charge is 0.259 e. The van der Waals surface area contributed by atoms with Crippen molar-refractivity contribution in [2.24, 2.45) is 0 Å². The summed E-state index contributed by atoms with van der Waals surface area (Å²) in [5.41, 5.74) is 0. The summed E-state index contributed by atoms with van der Waals surface area (Å²) >= 11 is 6.43. The lowest BCUT2D eigenvalue weighted by Gasteiger charge is -2.03. The molecule has 0 saturated heterocycles. The Bertz CT molecular complexity index is 142. The molecule has 0 aromatic heterocycles. The van der Waals surface area contributed by atoms with E-state index < -0.39 is 10.8 Å². The second kappa shape index (κ2) is 5.27. The van der Waals surface area contributed by atoms with E-state index in [1.165, 1.54) is 11.8 Å². The number of thiocarbonyl (C=S) groups is 1. The molecule has 1 atom stereocenters. The third-order valence-electron chi connectivity index (χ3n) is 1.01. The summed E-state index contributed by atoms with van der Waals surface area (Å²) in [4.78, 5) is 0. The lowest BCUT2D eigenvalue weighted by Crippen LogP contribution is -2.13. The Hall–Kier alpha value is 0.590. The zero-order valence-corrected chi connectivity index (χ0v) is 8.87. The smallest absolute Gasteiger partial charge is 0.0651 e. The van der Waals surface area contributed by atoms with Gasteiger partial charge in [-0.3, -0.25) is 4.21 Å². The van der Waals surface area contributed by atoms with E-state index >= 15 is 0 Å². The van der Waals surface area contributed by atoms with Crippen molar-refractivity contribution in [3.05, 3.63) is 0 Å². The molecule has 0 amide bonds. The van der Waals surface area contributed by atoms with Gasteiger partial charge in [0.05, 0.1) is 9.95 Å². The molecule has 0 spiro atoms. The van der Waals surface area contributed by atoms with Crippen LogP contribution in [0.1, 0.15) is 13.8 Å². The first-order chi connectivity index (χ1) is 4.57. The third kappa shape index (κ3) is 4.41. The van der Waals surface area contributed by atoms with E-state index in [1.54, 1.807) is 0 Å². The zero-order chi connectivity index (χ0) is 8.15. The van der Waals surface area contributed by atoms with Crippen LogP contribution in [0.3, 0.4) is 0 Å². The minimum Gasteiger partial charge on any atom is -0.259 e. The molecule has 0 aliphatic carbocycles. The summed E-state index contributed by atoms with van der Waals surface area (Å²) in [5, 5.41) is 0.227. The van der Waals surface area contributed by atoms with Gasteiger partial charge >= 0.3 is 0 Å². The highest BCUT2D eigenvalue weighted by Gasteiger charge is 2.06. The fourth-order valence-electron chi connectivity index (χ4n) is 0.342. The standard InChI is InChI=1S/C6H12OS3/c1-5(2)10(7)4-6(8)9-3/h5H,4H2,1-3H3. The molecule has 0 N–H and O–H groups in total. The maximum atomic E-state index is 11.1. The Balaban J connectivity index is 3.69. The van der Waals surface area contributed by atoms with E-state index in [1.807, 2.05) is 20.1 Å². The normalized spacial score (nSPS) is 13.6. The van der Waals surface area contributed by atoms with E-state index in [-0.39, 0.29) is 5.25 Å². The number of hydrogen-bond donors (Lipinski definition) is 0. The van der Waals surface area contributed by atoms with E-state index in [0.29, 0.717) is 5.75 Å². The molecule has 10 heavy (non-hydrogen) atoms. The van der Waals surface area contributed by atoms with Crippen molar-refractivity contribution in [1.82, 2.24) is 0 Å². The van der Waals surface area contributed by atoms with Crippen molar-refractivity contribution in [3.8, 4) is 0 Å². The molecule has 0 fully saturated rings. The van der Waals surface area contributed by atoms with Crippen LogP contribution in [0, 0.1) is 0 Å². The van der Waals surface area contributed by atoms with Gasteiger partial charge in [0.15, 0.2) is 0 Å². The van der Waals surface area contributed by atoms with Gasteiger partial charge < -0.3 is 0 Å². The van der Waals surface area contributed by atoms with Crippen molar-refractivity contribution in [2.45, 2.75) is 19.1 Å². The molecular weight excluding hydrogens is 184 g/mol. The summed E-state index contributed by atoms with van der Waals surface area (Å²) in [5.74, 6) is 0.564. The second-order valence-electron chi connectivity index (χ2n) is 2.15. The number of rotatable bonds is 3. The summed E-state index contributed by atoms with van der Waals surface area (Å²) < 4.78 is 12.0. The maximum absolute atomic E-state index is 11.1. The van der Waals surface area contributed by atoms with Crippen LogP contribution in [0.2, 0.25) is 0 Å². The van der Waals surface area contributed by atoms with Crippen LogP contribution in [-0.4, -0.2) is 25.7 Å². The maximum Gasteiger partial charge on any atom is 0.0651 e. The first kappa shape index (κ1) is 10.6. The Morgan fingerprint density at radius 2 is 2.20 bits per heavy atom. The molecule has 0 aliphatic rings. The quantitative estimate of drug-likeness (QED) is 0.641. The van der Waals surface area contributed by atoms with Gasteiger partial charge in [-0.2, -0.15) is 0 Å². The predicted octanol–water partition coefficient (Wildman–Crippen LogP) is 1.83. The highest BCUT2D eigenvalue weighted by atomic mass is 32.2. The van der Waals surface area contributed by atoms with Crippen LogP contribution < -0.4 is 0 Å². The highest BCUT2D eigenvalue weighted by molar-refractivity contribution is 8.23. The average Bonchev–Trinajstić information content (AvgIpc) is 1.87. The van der Waals surface area contributed by atoms with E-state index in [4.69, 9.17) is 12.2 Å². The fourth-order valence-corrected chi connectivity index (χ4v) is 2.08. The van der Waals surface area contributed by atoms with Gasteiger partial charge in [-0.25, -0.2) is 0 Å². The van der Waals surface area contributed by atoms with Gasteiger partial charge in [-0.05, 0) is 6.26 Å². The van der Waals surface area contributed by atoms with Crippen LogP contribution in [0.5, 0.6) is 0 Å². The minimum atomic E-state index is -0.764. The molecule has 0 radical (unpaired) electrons. The first-order valence-electron chi connectivity index (χ1n) is 3.02. The van der Waals surface area contributed by atoms with Crippen molar-refractivity contribution in [3.63, 3.8) is 0 Å². The molecule has 0 saturated carbocycles. The topological polar surface area (TPSA) is 17.1 Å². The molecule has 0 rings (SSSR count). The second-order valence-corrected chi connectivity index (χ2v) is 5.80. The molecule has 0 heterocycles. The molecule has 1 unspecified atom stereocenters. The predicted molar refractivity (Wildman–Crippen MR) is 54.3 cm³/mol. The summed E-state index contributed by atoms with van der Waals surface area (Å²) in [6, 6.07) is 0. The fraction of sp³-hybridized carbons (Fsp3) is 0.833. The van der Waals surface area contributed by atoms with Gasteiger partial charge in [0, 0.05) is 16.0 Å². The van der Waals surface area contributed by atoms with Crippen molar-refractivity contribution in [2.75, 3.05) is 12.0 Å². The Kier molecular flexibility index (Phi) is 5.58. The van der Waals surface area contributed by atoms with E-state index in [2.05, 4.69) is 0 Å². The lowest BCUT2D eigenvalue weighted by atomic mass is 10.6. The van der Waals surface area contributed by atoms with Gasteiger partial charge in [0.2, 0.25) is 0 Å².